The summed E-state index contributed by atoms with van der Waals surface area (Å²) in [5, 5.41) is 9.95. The highest BCUT2D eigenvalue weighted by Gasteiger charge is 2.36. The minimum atomic E-state index is -3.45. The van der Waals surface area contributed by atoms with Gasteiger partial charge in [-0.25, -0.2) is 8.42 Å². The van der Waals surface area contributed by atoms with Crippen LogP contribution in [0, 0.1) is 0 Å². The van der Waals surface area contributed by atoms with Crippen molar-refractivity contribution in [2.75, 3.05) is 13.1 Å². The summed E-state index contributed by atoms with van der Waals surface area (Å²) in [6, 6.07) is 3.31. The smallest absolute Gasteiger partial charge is 0.252 e. The lowest BCUT2D eigenvalue weighted by atomic mass is 9.97. The number of rotatable bonds is 2. The first kappa shape index (κ1) is 13.5. The first-order valence-corrected chi connectivity index (χ1v) is 8.34. The third kappa shape index (κ3) is 2.90. The van der Waals surface area contributed by atoms with Crippen molar-refractivity contribution in [3.63, 3.8) is 0 Å². The maximum Gasteiger partial charge on any atom is 0.252 e. The standard InChI is InChI=1S/C10H14BrNO3S2/c1-10(13)5-2-6-12(7-10)17(14,15)9-4-3-8(11)16-9/h3-4,13H,2,5-7H2,1H3. The number of halogens is 1. The van der Waals surface area contributed by atoms with Crippen LogP contribution < -0.4 is 0 Å². The average molecular weight is 340 g/mol. The van der Waals surface area contributed by atoms with Crippen LogP contribution in [0.5, 0.6) is 0 Å². The number of nitrogens with zero attached hydrogens (tertiary/aromatic N) is 1. The highest BCUT2D eigenvalue weighted by Crippen LogP contribution is 2.31. The first-order valence-electron chi connectivity index (χ1n) is 5.29. The molecule has 1 aliphatic rings. The van der Waals surface area contributed by atoms with Gasteiger partial charge in [0.25, 0.3) is 10.0 Å². The fraction of sp³-hybridized carbons (Fsp3) is 0.600. The molecular weight excluding hydrogens is 326 g/mol. The van der Waals surface area contributed by atoms with Gasteiger partial charge in [0.1, 0.15) is 4.21 Å². The second-order valence-corrected chi connectivity index (χ2v) is 9.13. The van der Waals surface area contributed by atoms with E-state index in [1.165, 1.54) is 15.6 Å². The molecule has 1 fully saturated rings. The van der Waals surface area contributed by atoms with Crippen molar-refractivity contribution < 1.29 is 13.5 Å². The summed E-state index contributed by atoms with van der Waals surface area (Å²) in [7, 11) is -3.45. The van der Waals surface area contributed by atoms with E-state index in [0.717, 1.165) is 3.79 Å². The van der Waals surface area contributed by atoms with Crippen LogP contribution in [0.2, 0.25) is 0 Å². The molecule has 0 spiro atoms. The van der Waals surface area contributed by atoms with Gasteiger partial charge in [-0.05, 0) is 47.8 Å². The first-order chi connectivity index (χ1) is 7.81. The van der Waals surface area contributed by atoms with Gasteiger partial charge in [0.15, 0.2) is 0 Å². The normalized spacial score (nSPS) is 27.2. The summed E-state index contributed by atoms with van der Waals surface area (Å²) in [4.78, 5) is 0. The van der Waals surface area contributed by atoms with Crippen LogP contribution in [0.4, 0.5) is 0 Å². The molecule has 1 N–H and O–H groups in total. The van der Waals surface area contributed by atoms with E-state index in [2.05, 4.69) is 15.9 Å². The number of piperidine rings is 1. The Morgan fingerprint density at radius 2 is 2.24 bits per heavy atom. The van der Waals surface area contributed by atoms with Gasteiger partial charge in [0.05, 0.1) is 9.39 Å². The Balaban J connectivity index is 2.27. The molecule has 0 bridgehead atoms. The summed E-state index contributed by atoms with van der Waals surface area (Å²) in [5.41, 5.74) is -0.917. The number of thiophene rings is 1. The second kappa shape index (κ2) is 4.62. The zero-order valence-electron chi connectivity index (χ0n) is 9.39. The molecule has 0 radical (unpaired) electrons. The highest BCUT2D eigenvalue weighted by atomic mass is 79.9. The largest absolute Gasteiger partial charge is 0.389 e. The topological polar surface area (TPSA) is 57.6 Å². The SMILES string of the molecule is CC1(O)CCCN(S(=O)(=O)c2ccc(Br)s2)C1. The predicted octanol–water partition coefficient (Wildman–Crippen LogP) is 2.05. The molecule has 17 heavy (non-hydrogen) atoms. The summed E-state index contributed by atoms with van der Waals surface area (Å²) in [6.45, 7) is 2.33. The Morgan fingerprint density at radius 3 is 2.76 bits per heavy atom. The molecule has 1 aliphatic heterocycles. The van der Waals surface area contributed by atoms with E-state index in [1.807, 2.05) is 0 Å². The van der Waals surface area contributed by atoms with Crippen molar-refractivity contribution >= 4 is 37.3 Å². The van der Waals surface area contributed by atoms with Gasteiger partial charge in [-0.1, -0.05) is 0 Å². The van der Waals surface area contributed by atoms with Crippen LogP contribution in [0.15, 0.2) is 20.1 Å². The highest BCUT2D eigenvalue weighted by molar-refractivity contribution is 9.11. The lowest BCUT2D eigenvalue weighted by molar-refractivity contribution is 0.00945. The molecule has 0 aromatic carbocycles. The number of sulfonamides is 1. The van der Waals surface area contributed by atoms with Gasteiger partial charge in [-0.15, -0.1) is 11.3 Å². The third-order valence-electron chi connectivity index (χ3n) is 2.78. The number of β-amino-alcohol motifs (C(OH)–C–C–N with tert-alkyl or cyclic N) is 1. The second-order valence-electron chi connectivity index (χ2n) is 4.50. The van der Waals surface area contributed by atoms with Crippen LogP contribution in [0.25, 0.3) is 0 Å². The molecule has 1 saturated heterocycles. The van der Waals surface area contributed by atoms with Crippen LogP contribution in [0.1, 0.15) is 19.8 Å². The number of aliphatic hydroxyl groups is 1. The molecule has 96 valence electrons. The molecule has 0 aliphatic carbocycles. The Bertz CT molecular complexity index is 509. The molecule has 7 heteroatoms. The predicted molar refractivity (Wildman–Crippen MR) is 70.6 cm³/mol. The lowest BCUT2D eigenvalue weighted by Crippen LogP contribution is -2.48. The van der Waals surface area contributed by atoms with E-state index >= 15 is 0 Å². The minimum Gasteiger partial charge on any atom is -0.389 e. The molecule has 4 nitrogen and oxygen atoms in total. The lowest BCUT2D eigenvalue weighted by Gasteiger charge is -2.35. The monoisotopic (exact) mass is 339 g/mol. The van der Waals surface area contributed by atoms with E-state index in [4.69, 9.17) is 0 Å². The van der Waals surface area contributed by atoms with E-state index in [9.17, 15) is 13.5 Å². The molecule has 1 aromatic heterocycles. The van der Waals surface area contributed by atoms with Crippen molar-refractivity contribution in [1.82, 2.24) is 4.31 Å². The Morgan fingerprint density at radius 1 is 1.53 bits per heavy atom. The van der Waals surface area contributed by atoms with E-state index in [-0.39, 0.29) is 6.54 Å². The zero-order chi connectivity index (χ0) is 12.7. The molecule has 1 aromatic rings. The maximum atomic E-state index is 12.3. The van der Waals surface area contributed by atoms with Crippen LogP contribution in [-0.4, -0.2) is 36.5 Å². The molecule has 1 atom stereocenters. The van der Waals surface area contributed by atoms with Crippen molar-refractivity contribution in [2.24, 2.45) is 0 Å². The van der Waals surface area contributed by atoms with E-state index in [0.29, 0.717) is 23.6 Å². The molecular formula is C10H14BrNO3S2. The Kier molecular flexibility index (Phi) is 3.66. The van der Waals surface area contributed by atoms with Crippen molar-refractivity contribution in [3.05, 3.63) is 15.9 Å². The van der Waals surface area contributed by atoms with Gasteiger partial charge >= 0.3 is 0 Å². The van der Waals surface area contributed by atoms with E-state index in [1.54, 1.807) is 19.1 Å². The summed E-state index contributed by atoms with van der Waals surface area (Å²) in [5.74, 6) is 0. The molecule has 1 unspecified atom stereocenters. The van der Waals surface area contributed by atoms with Gasteiger partial charge in [-0.3, -0.25) is 0 Å². The Labute approximate surface area is 113 Å². The van der Waals surface area contributed by atoms with E-state index < -0.39 is 15.6 Å². The van der Waals surface area contributed by atoms with Gasteiger partial charge in [0, 0.05) is 13.1 Å². The number of hydrogen-bond donors (Lipinski definition) is 1. The van der Waals surface area contributed by atoms with Crippen molar-refractivity contribution in [1.29, 1.82) is 0 Å². The van der Waals surface area contributed by atoms with Gasteiger partial charge < -0.3 is 5.11 Å². The average Bonchev–Trinajstić information content (AvgIpc) is 2.64. The maximum absolute atomic E-state index is 12.3. The van der Waals surface area contributed by atoms with Gasteiger partial charge in [0.2, 0.25) is 0 Å². The molecule has 0 amide bonds. The fourth-order valence-corrected chi connectivity index (χ4v) is 5.70. The van der Waals surface area contributed by atoms with Crippen LogP contribution >= 0.6 is 27.3 Å². The molecule has 2 heterocycles. The Hall–Kier alpha value is 0.0500. The quantitative estimate of drug-likeness (QED) is 0.896. The zero-order valence-corrected chi connectivity index (χ0v) is 12.6. The van der Waals surface area contributed by atoms with Crippen LogP contribution in [0.3, 0.4) is 0 Å². The van der Waals surface area contributed by atoms with Crippen molar-refractivity contribution in [2.45, 2.75) is 29.6 Å². The van der Waals surface area contributed by atoms with Gasteiger partial charge in [-0.2, -0.15) is 4.31 Å². The fourth-order valence-electron chi connectivity index (χ4n) is 1.94. The summed E-state index contributed by atoms with van der Waals surface area (Å²) >= 11 is 4.45. The van der Waals surface area contributed by atoms with Crippen molar-refractivity contribution in [3.8, 4) is 0 Å². The summed E-state index contributed by atoms with van der Waals surface area (Å²) in [6.07, 6.45) is 1.34. The third-order valence-corrected chi connectivity index (χ3v) is 6.72. The van der Waals surface area contributed by atoms with Crippen LogP contribution in [-0.2, 0) is 10.0 Å². The molecule has 2 rings (SSSR count). The minimum absolute atomic E-state index is 0.171. The summed E-state index contributed by atoms with van der Waals surface area (Å²) < 4.78 is 27.1. The molecule has 0 saturated carbocycles. The number of hydrogen-bond acceptors (Lipinski definition) is 4.